The normalized spacial score (nSPS) is 13.2. The van der Waals surface area contributed by atoms with Crippen molar-refractivity contribution in [2.75, 3.05) is 38.0 Å². The molecular formula is C80H50Cl6F10N10O8. The van der Waals surface area contributed by atoms with Crippen LogP contribution in [-0.2, 0) is 12.4 Å². The molecule has 0 saturated heterocycles. The Morgan fingerprint density at radius 3 is 1.15 bits per heavy atom. The molecule has 16 rings (SSSR count). The highest BCUT2D eigenvalue weighted by Gasteiger charge is 2.44. The van der Waals surface area contributed by atoms with Crippen LogP contribution in [0.5, 0.6) is 23.5 Å². The third-order valence-corrected chi connectivity index (χ3v) is 20.9. The fourth-order valence-electron chi connectivity index (χ4n) is 13.2. The standard InChI is InChI=1S/C21H17ClFN3O2.C21H15F4N3O2.C19H8Cl5FN2O2.C19H10F4N2O2/c1-10-4-6-14(23)12(8-10)19-17-16(20(27)25-19)18(24-21(17)28)11-5-7-15(26(2)3)13(22)9-11;1-28(2)10-7-8-14(22)12(9-10)18-16-15(19(29)27-18)17(26-20(16)30)11-5-3-4-6-13(11)21(23,24)25;1-5-2-3-7(25)6(4-5)16-8-9(19(29)26-16)17(27-18(8)28)10-11(20)13(22)15(24)14(23)12(10)21;20-10-5-3-4-9(8-10)15-13-14(18(27)24-15)16(25-17(13)26)11-6-1-2-7-12(11)19(21,22)23/h4-9,24,28H,1-3H3;3-9,27,29H,1-2H3;2-4,26,29H,1H3;1-8,24,27H. The van der Waals surface area contributed by atoms with Gasteiger partial charge in [-0.25, -0.2) is 37.5 Å². The van der Waals surface area contributed by atoms with E-state index in [9.17, 15) is 83.5 Å². The van der Waals surface area contributed by atoms with Crippen molar-refractivity contribution in [2.24, 2.45) is 20.0 Å². The highest BCUT2D eigenvalue weighted by molar-refractivity contribution is 6.57. The van der Waals surface area contributed by atoms with Gasteiger partial charge in [-0.05, 0) is 92.7 Å². The zero-order valence-corrected chi connectivity index (χ0v) is 63.5. The lowest BCUT2D eigenvalue weighted by molar-refractivity contribution is -0.138. The maximum atomic E-state index is 14.5. The molecule has 12 aromatic rings. The number of amides is 4. The van der Waals surface area contributed by atoms with Crippen LogP contribution < -0.4 is 9.80 Å². The number of nitrogens with one attached hydrogen (secondary N) is 4. The summed E-state index contributed by atoms with van der Waals surface area (Å²) in [5.74, 6) is -6.95. The number of carbonyl (C=O) groups excluding carboxylic acids is 4. The van der Waals surface area contributed by atoms with E-state index >= 15 is 0 Å². The Labute approximate surface area is 667 Å². The average Bonchev–Trinajstić information content (AvgIpc) is 1.60. The summed E-state index contributed by atoms with van der Waals surface area (Å²) in [7, 11) is 7.24. The van der Waals surface area contributed by atoms with Crippen molar-refractivity contribution < 1.29 is 83.5 Å². The van der Waals surface area contributed by atoms with Gasteiger partial charge in [-0.1, -0.05) is 147 Å². The van der Waals surface area contributed by atoms with Gasteiger partial charge in [0.05, 0.1) is 137 Å². The highest BCUT2D eigenvalue weighted by Crippen LogP contribution is 2.50. The number of carbonyl (C=O) groups is 4. The van der Waals surface area contributed by atoms with Gasteiger partial charge >= 0.3 is 12.4 Å². The summed E-state index contributed by atoms with van der Waals surface area (Å²) in [6.45, 7) is 3.59. The molecule has 114 heavy (non-hydrogen) atoms. The van der Waals surface area contributed by atoms with Crippen LogP contribution in [-0.4, -0.2) is 115 Å². The van der Waals surface area contributed by atoms with Crippen molar-refractivity contribution >= 4 is 127 Å². The number of hydrogen-bond donors (Lipinski definition) is 8. The quantitative estimate of drug-likeness (QED) is 0.0364. The lowest BCUT2D eigenvalue weighted by atomic mass is 9.96. The van der Waals surface area contributed by atoms with E-state index < -0.39 is 88.0 Å². The van der Waals surface area contributed by atoms with Crippen molar-refractivity contribution in [3.05, 3.63) is 288 Å². The van der Waals surface area contributed by atoms with Crippen molar-refractivity contribution in [3.8, 4) is 68.5 Å². The number of hydrogen-bond acceptors (Lipinski definition) is 10. The Kier molecular flexibility index (Phi) is 21.5. The molecule has 0 fully saturated rings. The molecule has 0 atom stereocenters. The van der Waals surface area contributed by atoms with Gasteiger partial charge in [-0.3, -0.25) is 19.2 Å². The third kappa shape index (κ3) is 14.5. The number of aromatic amines is 4. The Balaban J connectivity index is 0.000000133. The van der Waals surface area contributed by atoms with Crippen LogP contribution in [0.4, 0.5) is 55.3 Å². The van der Waals surface area contributed by atoms with E-state index in [1.165, 1.54) is 84.9 Å². The van der Waals surface area contributed by atoms with Crippen LogP contribution in [0.3, 0.4) is 0 Å². The van der Waals surface area contributed by atoms with E-state index in [0.29, 0.717) is 22.0 Å². The van der Waals surface area contributed by atoms with E-state index in [1.807, 2.05) is 32.0 Å². The number of anilines is 2. The molecule has 8 aromatic carbocycles. The molecule has 8 N–H and O–H groups in total. The summed E-state index contributed by atoms with van der Waals surface area (Å²) in [5.41, 5.74) is 1.45. The van der Waals surface area contributed by atoms with Crippen molar-refractivity contribution in [3.63, 3.8) is 0 Å². The van der Waals surface area contributed by atoms with E-state index in [2.05, 4.69) is 39.9 Å². The number of aliphatic imine (C=N–C) groups is 4. The van der Waals surface area contributed by atoms with Crippen LogP contribution in [0.15, 0.2) is 166 Å². The van der Waals surface area contributed by atoms with Crippen LogP contribution in [0, 0.1) is 37.1 Å². The number of H-pyrrole nitrogens is 4. The fraction of sp³-hybridized carbons (Fsp3) is 0.100. The molecular weight excluding hydrogens is 1630 g/mol. The zero-order valence-electron chi connectivity index (χ0n) is 59.0. The maximum absolute atomic E-state index is 14.5. The van der Waals surface area contributed by atoms with Gasteiger partial charge in [-0.15, -0.1) is 0 Å². The van der Waals surface area contributed by atoms with E-state index in [0.717, 1.165) is 35.0 Å². The maximum Gasteiger partial charge on any atom is 0.417 e. The Hall–Kier alpha value is -11.9. The molecule has 0 bridgehead atoms. The number of aromatic nitrogens is 4. The van der Waals surface area contributed by atoms with Gasteiger partial charge in [0.15, 0.2) is 23.5 Å². The van der Waals surface area contributed by atoms with E-state index in [1.54, 1.807) is 62.3 Å². The number of nitrogens with zero attached hydrogens (tertiary/aromatic N) is 6. The van der Waals surface area contributed by atoms with Gasteiger partial charge < -0.3 is 50.2 Å². The van der Waals surface area contributed by atoms with E-state index in [-0.39, 0.29) is 154 Å². The topological polar surface area (TPSA) is 268 Å². The Morgan fingerprint density at radius 2 is 0.719 bits per heavy atom. The first-order chi connectivity index (χ1) is 53.8. The first-order valence-electron chi connectivity index (χ1n) is 33.2. The number of aromatic hydroxyl groups is 4. The summed E-state index contributed by atoms with van der Waals surface area (Å²) < 4.78 is 137. The third-order valence-electron chi connectivity index (χ3n) is 18.3. The minimum absolute atomic E-state index is 0.00773. The highest BCUT2D eigenvalue weighted by atomic mass is 35.5. The van der Waals surface area contributed by atoms with Crippen LogP contribution in [0.1, 0.15) is 108 Å². The summed E-state index contributed by atoms with van der Waals surface area (Å²) in [6.07, 6.45) is -9.35. The SMILES string of the molecule is CN(C)c1ccc(F)c(-c2[nH]c(O)c3c2C(=O)N=C3c2ccccc2C(F)(F)F)c1.Cc1ccc(F)c(-c2[nH]c(O)c3c2C(=O)N=C3c2c(Cl)c(Cl)c(Cl)c(Cl)c2Cl)c1.Cc1ccc(F)c(C2=NC(=O)c3c(-c4ccc(N(C)C)c(Cl)c4)[nH]c(O)c32)c1.O=C1N=C(c2ccccc2C(F)(F)F)c2c(O)[nH]c(-c3cccc(F)c3)c21. The van der Waals surface area contributed by atoms with Crippen molar-refractivity contribution in [2.45, 2.75) is 26.2 Å². The number of halogens is 16. The second-order valence-corrected chi connectivity index (χ2v) is 28.4. The van der Waals surface area contributed by atoms with Gasteiger partial charge in [0.1, 0.15) is 23.3 Å². The molecule has 580 valence electrons. The number of alkyl halides is 6. The monoisotopic (exact) mass is 1680 g/mol. The Bertz CT molecular complexity index is 6220. The molecule has 34 heteroatoms. The average molecular weight is 1680 g/mol. The number of benzene rings is 8. The molecule has 0 unspecified atom stereocenters. The van der Waals surface area contributed by atoms with Crippen LogP contribution >= 0.6 is 69.6 Å². The number of aryl methyl sites for hydroxylation is 2. The van der Waals surface area contributed by atoms with Crippen molar-refractivity contribution in [1.82, 2.24) is 19.9 Å². The fourth-order valence-corrected chi connectivity index (χ4v) is 14.8. The molecule has 4 aliphatic rings. The Morgan fingerprint density at radius 1 is 0.351 bits per heavy atom. The van der Waals surface area contributed by atoms with Gasteiger partial charge in [0.25, 0.3) is 23.6 Å². The molecule has 8 heterocycles. The van der Waals surface area contributed by atoms with Gasteiger partial charge in [0, 0.05) is 78.4 Å². The second-order valence-electron chi connectivity index (χ2n) is 26.1. The minimum atomic E-state index is -4.69. The van der Waals surface area contributed by atoms with Crippen LogP contribution in [0.25, 0.3) is 45.0 Å². The summed E-state index contributed by atoms with van der Waals surface area (Å²) in [4.78, 5) is 80.0. The van der Waals surface area contributed by atoms with Gasteiger partial charge in [0.2, 0.25) is 0 Å². The molecule has 0 aliphatic carbocycles. The van der Waals surface area contributed by atoms with Crippen LogP contribution in [0.2, 0.25) is 30.1 Å². The smallest absolute Gasteiger partial charge is 0.417 e. The van der Waals surface area contributed by atoms with Crippen molar-refractivity contribution in [1.29, 1.82) is 0 Å². The first-order valence-corrected chi connectivity index (χ1v) is 35.5. The van der Waals surface area contributed by atoms with E-state index in [4.69, 9.17) is 69.6 Å². The summed E-state index contributed by atoms with van der Waals surface area (Å²) in [5, 5.41) is 41.8. The molecule has 4 aliphatic heterocycles. The molecule has 0 spiro atoms. The predicted octanol–water partition coefficient (Wildman–Crippen LogP) is 20.8. The number of rotatable bonds is 10. The molecule has 0 radical (unpaired) electrons. The summed E-state index contributed by atoms with van der Waals surface area (Å²) >= 11 is 37.2. The molecule has 18 nitrogen and oxygen atoms in total. The molecule has 0 saturated carbocycles. The lowest BCUT2D eigenvalue weighted by Gasteiger charge is -2.15. The lowest BCUT2D eigenvalue weighted by Crippen LogP contribution is -2.13. The number of fused-ring (bicyclic) bond motifs is 4. The second kappa shape index (κ2) is 30.5. The zero-order chi connectivity index (χ0) is 82.5. The largest absolute Gasteiger partial charge is 0.494 e. The first kappa shape index (κ1) is 80.1. The summed E-state index contributed by atoms with van der Waals surface area (Å²) in [6, 6.07) is 33.0. The molecule has 4 aromatic heterocycles. The van der Waals surface area contributed by atoms with Gasteiger partial charge in [-0.2, -0.15) is 26.3 Å². The predicted molar refractivity (Wildman–Crippen MR) is 415 cm³/mol. The minimum Gasteiger partial charge on any atom is -0.494 e. The molecule has 4 amide bonds.